The van der Waals surface area contributed by atoms with Crippen LogP contribution in [0.1, 0.15) is 34.6 Å². The molecule has 8 heteroatoms. The fourth-order valence-corrected chi connectivity index (χ4v) is 5.80. The molecule has 0 aliphatic carbocycles. The number of hydrogen-bond acceptors (Lipinski definition) is 7. The maximum absolute atomic E-state index is 14.0. The van der Waals surface area contributed by atoms with E-state index in [2.05, 4.69) is 0 Å². The van der Waals surface area contributed by atoms with E-state index in [-0.39, 0.29) is 34.7 Å². The number of rotatable bonds is 10. The summed E-state index contributed by atoms with van der Waals surface area (Å²) in [6, 6.07) is 9.09. The van der Waals surface area contributed by atoms with Gasteiger partial charge in [-0.15, -0.1) is 0 Å². The average Bonchev–Trinajstić information content (AvgIpc) is 2.76. The van der Waals surface area contributed by atoms with E-state index in [1.807, 2.05) is 13.8 Å². The highest BCUT2D eigenvalue weighted by atomic mass is 31.2. The van der Waals surface area contributed by atoms with Crippen molar-refractivity contribution in [1.29, 1.82) is 0 Å². The van der Waals surface area contributed by atoms with Gasteiger partial charge in [-0.25, -0.2) is 0 Å². The smallest absolute Gasteiger partial charge is 0.232 e. The second-order valence-electron chi connectivity index (χ2n) is 7.06. The van der Waals surface area contributed by atoms with Crippen LogP contribution in [-0.4, -0.2) is 45.6 Å². The topological polar surface area (TPSA) is 88.1 Å². The molecule has 0 aliphatic rings. The Morgan fingerprint density at radius 3 is 1.47 bits per heavy atom. The van der Waals surface area contributed by atoms with E-state index in [1.54, 1.807) is 12.1 Å². The molecule has 0 saturated carbocycles. The standard InChI is InChI=1S/C22H27O7P/c1-14(2)13-30(25,21(23)17-9-7-15(26-3)11-19(17)28-5)22(24)18-10-8-16(27-4)12-20(18)29-6/h7-12,14H,13H2,1-6H3. The predicted octanol–water partition coefficient (Wildman–Crippen LogP) is 4.72. The molecule has 0 aromatic heterocycles. The molecular formula is C22H27O7P. The van der Waals surface area contributed by atoms with Crippen LogP contribution >= 0.6 is 7.14 Å². The van der Waals surface area contributed by atoms with E-state index in [0.717, 1.165) is 0 Å². The second kappa shape index (κ2) is 9.81. The van der Waals surface area contributed by atoms with Crippen LogP contribution in [0.5, 0.6) is 23.0 Å². The molecule has 0 N–H and O–H groups in total. The van der Waals surface area contributed by atoms with Crippen LogP contribution in [0.4, 0.5) is 0 Å². The molecule has 0 saturated heterocycles. The summed E-state index contributed by atoms with van der Waals surface area (Å²) in [5.41, 5.74) is -1.36. The van der Waals surface area contributed by atoms with Gasteiger partial charge in [-0.05, 0) is 30.2 Å². The Morgan fingerprint density at radius 2 is 1.17 bits per heavy atom. The van der Waals surface area contributed by atoms with Gasteiger partial charge in [0, 0.05) is 18.3 Å². The van der Waals surface area contributed by atoms with E-state index < -0.39 is 18.2 Å². The van der Waals surface area contributed by atoms with Crippen LogP contribution in [0, 0.1) is 5.92 Å². The minimum absolute atomic E-state index is 0.0723. The van der Waals surface area contributed by atoms with E-state index >= 15 is 0 Å². The van der Waals surface area contributed by atoms with Crippen molar-refractivity contribution >= 4 is 18.2 Å². The number of benzene rings is 2. The monoisotopic (exact) mass is 434 g/mol. The van der Waals surface area contributed by atoms with Gasteiger partial charge in [0.05, 0.1) is 39.6 Å². The minimum atomic E-state index is -4.05. The van der Waals surface area contributed by atoms with Crippen LogP contribution in [-0.2, 0) is 4.57 Å². The van der Waals surface area contributed by atoms with Gasteiger partial charge in [-0.2, -0.15) is 0 Å². The zero-order valence-corrected chi connectivity index (χ0v) is 18.9. The van der Waals surface area contributed by atoms with Crippen molar-refractivity contribution in [3.63, 3.8) is 0 Å². The number of ether oxygens (including phenoxy) is 4. The normalized spacial score (nSPS) is 11.2. The van der Waals surface area contributed by atoms with Crippen molar-refractivity contribution in [3.8, 4) is 23.0 Å². The summed E-state index contributed by atoms with van der Waals surface area (Å²) in [5, 5.41) is 0. The fraction of sp³-hybridized carbons (Fsp3) is 0.364. The third-order valence-electron chi connectivity index (χ3n) is 4.56. The van der Waals surface area contributed by atoms with Crippen molar-refractivity contribution in [1.82, 2.24) is 0 Å². The Morgan fingerprint density at radius 1 is 0.767 bits per heavy atom. The number of carbonyl (C=O) groups is 2. The van der Waals surface area contributed by atoms with Gasteiger partial charge in [0.25, 0.3) is 0 Å². The van der Waals surface area contributed by atoms with E-state index in [9.17, 15) is 14.2 Å². The van der Waals surface area contributed by atoms with Crippen molar-refractivity contribution in [2.24, 2.45) is 5.92 Å². The fourth-order valence-electron chi connectivity index (χ4n) is 3.11. The molecule has 0 bridgehead atoms. The van der Waals surface area contributed by atoms with Gasteiger partial charge in [-0.1, -0.05) is 13.8 Å². The summed E-state index contributed by atoms with van der Waals surface area (Å²) >= 11 is 0. The molecule has 0 amide bonds. The molecule has 7 nitrogen and oxygen atoms in total. The van der Waals surface area contributed by atoms with Gasteiger partial charge < -0.3 is 23.5 Å². The highest BCUT2D eigenvalue weighted by Crippen LogP contribution is 2.55. The van der Waals surface area contributed by atoms with E-state index in [0.29, 0.717) is 11.5 Å². The van der Waals surface area contributed by atoms with Crippen LogP contribution in [0.2, 0.25) is 0 Å². The van der Waals surface area contributed by atoms with Crippen LogP contribution in [0.25, 0.3) is 0 Å². The lowest BCUT2D eigenvalue weighted by Crippen LogP contribution is -2.17. The molecule has 0 atom stereocenters. The first-order chi connectivity index (χ1) is 14.2. The Hall–Kier alpha value is -2.79. The third-order valence-corrected chi connectivity index (χ3v) is 7.60. The summed E-state index contributed by atoms with van der Waals surface area (Å²) in [7, 11) is 1.72. The van der Waals surface area contributed by atoms with Crippen molar-refractivity contribution < 1.29 is 33.1 Å². The lowest BCUT2D eigenvalue weighted by atomic mass is 10.2. The van der Waals surface area contributed by atoms with E-state index in [1.165, 1.54) is 52.7 Å². The molecule has 2 aromatic rings. The van der Waals surface area contributed by atoms with Gasteiger partial charge in [0.2, 0.25) is 18.2 Å². The summed E-state index contributed by atoms with van der Waals surface area (Å²) in [6.45, 7) is 3.62. The second-order valence-corrected chi connectivity index (χ2v) is 9.72. The predicted molar refractivity (Wildman–Crippen MR) is 115 cm³/mol. The Labute approximate surface area is 176 Å². The number of methoxy groups -OCH3 is 4. The highest BCUT2D eigenvalue weighted by molar-refractivity contribution is 7.95. The first kappa shape index (κ1) is 23.5. The first-order valence-corrected chi connectivity index (χ1v) is 11.2. The van der Waals surface area contributed by atoms with E-state index in [4.69, 9.17) is 18.9 Å². The molecule has 2 rings (SSSR count). The van der Waals surface area contributed by atoms with Gasteiger partial charge in [0.15, 0.2) is 0 Å². The first-order valence-electron chi connectivity index (χ1n) is 9.34. The quantitative estimate of drug-likeness (QED) is 0.500. The largest absolute Gasteiger partial charge is 0.497 e. The number of carbonyl (C=O) groups excluding carboxylic acids is 2. The molecule has 0 heterocycles. The average molecular weight is 434 g/mol. The Bertz CT molecular complexity index is 910. The zero-order valence-electron chi connectivity index (χ0n) is 18.1. The lowest BCUT2D eigenvalue weighted by molar-refractivity contribution is 0.103. The molecule has 0 radical (unpaired) electrons. The SMILES string of the molecule is COc1ccc(C(=O)P(=O)(CC(C)C)C(=O)c2ccc(OC)cc2OC)c(OC)c1. The molecule has 0 aliphatic heterocycles. The molecule has 162 valence electrons. The Balaban J connectivity index is 2.62. The van der Waals surface area contributed by atoms with Crippen LogP contribution in [0.15, 0.2) is 36.4 Å². The maximum atomic E-state index is 14.0. The van der Waals surface area contributed by atoms with Gasteiger partial charge in [-0.3, -0.25) is 9.59 Å². The number of hydrogen-bond donors (Lipinski definition) is 0. The summed E-state index contributed by atoms with van der Waals surface area (Å²) in [6.07, 6.45) is -0.0744. The summed E-state index contributed by atoms with van der Waals surface area (Å²) in [5.74, 6) is 1.18. The van der Waals surface area contributed by atoms with Crippen LogP contribution in [0.3, 0.4) is 0 Å². The molecule has 30 heavy (non-hydrogen) atoms. The molecule has 2 aromatic carbocycles. The molecule has 0 spiro atoms. The minimum Gasteiger partial charge on any atom is -0.497 e. The summed E-state index contributed by atoms with van der Waals surface area (Å²) < 4.78 is 34.9. The van der Waals surface area contributed by atoms with Crippen molar-refractivity contribution in [3.05, 3.63) is 47.5 Å². The zero-order chi connectivity index (χ0) is 22.5. The molecular weight excluding hydrogens is 407 g/mol. The third kappa shape index (κ3) is 4.68. The van der Waals surface area contributed by atoms with Crippen LogP contribution < -0.4 is 18.9 Å². The molecule has 0 fully saturated rings. The van der Waals surface area contributed by atoms with Crippen molar-refractivity contribution in [2.75, 3.05) is 34.6 Å². The van der Waals surface area contributed by atoms with Crippen molar-refractivity contribution in [2.45, 2.75) is 13.8 Å². The maximum Gasteiger partial charge on any atom is 0.232 e. The highest BCUT2D eigenvalue weighted by Gasteiger charge is 2.43. The Kier molecular flexibility index (Phi) is 7.68. The van der Waals surface area contributed by atoms with Gasteiger partial charge in [0.1, 0.15) is 23.0 Å². The molecule has 0 unspecified atom stereocenters. The van der Waals surface area contributed by atoms with Gasteiger partial charge >= 0.3 is 0 Å². The summed E-state index contributed by atoms with van der Waals surface area (Å²) in [4.78, 5) is 26.9. The lowest BCUT2D eigenvalue weighted by Gasteiger charge is -2.20.